The van der Waals surface area contributed by atoms with E-state index in [2.05, 4.69) is 22.5 Å². The number of nitrogens with one attached hydrogen (secondary N) is 2. The van der Waals surface area contributed by atoms with Gasteiger partial charge < -0.3 is 15.4 Å². The van der Waals surface area contributed by atoms with Gasteiger partial charge in [0.15, 0.2) is 5.96 Å². The molecule has 0 saturated heterocycles. The van der Waals surface area contributed by atoms with Crippen molar-refractivity contribution in [3.8, 4) is 0 Å². The summed E-state index contributed by atoms with van der Waals surface area (Å²) in [6.45, 7) is 4.85. The molecule has 0 aromatic rings. The lowest BCUT2D eigenvalue weighted by atomic mass is 10.2. The van der Waals surface area contributed by atoms with Gasteiger partial charge in [0.1, 0.15) is 0 Å². The maximum atomic E-state index is 5.52. The van der Waals surface area contributed by atoms with Gasteiger partial charge in [-0.15, -0.1) is 24.0 Å². The van der Waals surface area contributed by atoms with E-state index in [0.717, 1.165) is 32.1 Å². The Kier molecular flexibility index (Phi) is 12.9. The minimum Gasteiger partial charge on any atom is -0.381 e. The van der Waals surface area contributed by atoms with E-state index in [9.17, 15) is 0 Å². The molecule has 5 heteroatoms. The molecule has 114 valence electrons. The van der Waals surface area contributed by atoms with Crippen molar-refractivity contribution < 1.29 is 4.74 Å². The predicted octanol–water partition coefficient (Wildman–Crippen LogP) is 2.92. The second-order valence-electron chi connectivity index (χ2n) is 4.94. The fourth-order valence-electron chi connectivity index (χ4n) is 2.19. The molecular weight excluding hydrogens is 353 g/mol. The van der Waals surface area contributed by atoms with Crippen LogP contribution in [0, 0.1) is 0 Å². The van der Waals surface area contributed by atoms with Crippen molar-refractivity contribution in [2.24, 2.45) is 4.99 Å². The Morgan fingerprint density at radius 2 is 1.89 bits per heavy atom. The summed E-state index contributed by atoms with van der Waals surface area (Å²) in [7, 11) is 1.84. The first-order valence-corrected chi connectivity index (χ1v) is 7.41. The van der Waals surface area contributed by atoms with Gasteiger partial charge in [-0.25, -0.2) is 0 Å². The number of rotatable bonds is 8. The molecule has 0 bridgehead atoms. The van der Waals surface area contributed by atoms with Gasteiger partial charge in [-0.05, 0) is 25.7 Å². The van der Waals surface area contributed by atoms with Crippen LogP contribution in [0.25, 0.3) is 0 Å². The summed E-state index contributed by atoms with van der Waals surface area (Å²) >= 11 is 0. The third kappa shape index (κ3) is 9.49. The summed E-state index contributed by atoms with van der Waals surface area (Å²) in [5.74, 6) is 0.940. The smallest absolute Gasteiger partial charge is 0.191 e. The highest BCUT2D eigenvalue weighted by molar-refractivity contribution is 14.0. The number of hydrogen-bond acceptors (Lipinski definition) is 2. The number of unbranched alkanes of at least 4 members (excludes halogenated alkanes) is 1. The van der Waals surface area contributed by atoms with Gasteiger partial charge in [0.25, 0.3) is 0 Å². The van der Waals surface area contributed by atoms with Crippen molar-refractivity contribution in [1.82, 2.24) is 10.6 Å². The molecule has 0 aromatic carbocycles. The molecule has 1 aliphatic rings. The molecule has 0 aromatic heterocycles. The Balaban J connectivity index is 0.00000324. The van der Waals surface area contributed by atoms with E-state index in [0.29, 0.717) is 6.04 Å². The second kappa shape index (κ2) is 13.0. The average Bonchev–Trinajstić information content (AvgIpc) is 2.89. The van der Waals surface area contributed by atoms with Crippen LogP contribution in [-0.4, -0.2) is 38.8 Å². The number of halogens is 1. The lowest BCUT2D eigenvalue weighted by Gasteiger charge is -2.16. The maximum absolute atomic E-state index is 5.52. The molecule has 0 unspecified atom stereocenters. The molecular formula is C14H30IN3O. The molecule has 0 amide bonds. The predicted molar refractivity (Wildman–Crippen MR) is 92.5 cm³/mol. The molecule has 19 heavy (non-hydrogen) atoms. The number of ether oxygens (including phenoxy) is 1. The number of guanidine groups is 1. The minimum absolute atomic E-state index is 0. The Hall–Kier alpha value is -0.0400. The fourth-order valence-corrected chi connectivity index (χ4v) is 2.19. The van der Waals surface area contributed by atoms with E-state index in [4.69, 9.17) is 4.74 Å². The number of nitrogens with zero attached hydrogens (tertiary/aromatic N) is 1. The van der Waals surface area contributed by atoms with Crippen LogP contribution >= 0.6 is 24.0 Å². The molecule has 0 heterocycles. The normalized spacial score (nSPS) is 16.2. The first-order valence-electron chi connectivity index (χ1n) is 7.41. The monoisotopic (exact) mass is 383 g/mol. The largest absolute Gasteiger partial charge is 0.381 e. The van der Waals surface area contributed by atoms with Crippen molar-refractivity contribution in [3.63, 3.8) is 0 Å². The van der Waals surface area contributed by atoms with Crippen LogP contribution in [-0.2, 0) is 4.74 Å². The molecule has 0 atom stereocenters. The molecule has 0 spiro atoms. The van der Waals surface area contributed by atoms with E-state index in [1.807, 2.05) is 7.05 Å². The lowest BCUT2D eigenvalue weighted by molar-refractivity contribution is 0.129. The maximum Gasteiger partial charge on any atom is 0.191 e. The van der Waals surface area contributed by atoms with Crippen molar-refractivity contribution in [3.05, 3.63) is 0 Å². The van der Waals surface area contributed by atoms with E-state index in [1.54, 1.807) is 0 Å². The quantitative estimate of drug-likeness (QED) is 0.293. The summed E-state index contributed by atoms with van der Waals surface area (Å²) in [4.78, 5) is 4.25. The lowest BCUT2D eigenvalue weighted by Crippen LogP contribution is -2.42. The van der Waals surface area contributed by atoms with E-state index >= 15 is 0 Å². The first-order chi connectivity index (χ1) is 8.86. The number of aliphatic imine (C=N–C) groups is 1. The van der Waals surface area contributed by atoms with Gasteiger partial charge in [-0.1, -0.05) is 26.2 Å². The van der Waals surface area contributed by atoms with Crippen LogP contribution in [0.4, 0.5) is 0 Å². The summed E-state index contributed by atoms with van der Waals surface area (Å²) in [5.41, 5.74) is 0. The standard InChI is InChI=1S/C14H29N3O.HI/c1-3-4-11-18-12-7-10-16-14(15-2)17-13-8-5-6-9-13;/h13H,3-12H2,1-2H3,(H2,15,16,17);1H. The molecule has 4 nitrogen and oxygen atoms in total. The molecule has 1 rings (SSSR count). The Bertz CT molecular complexity index is 231. The summed E-state index contributed by atoms with van der Waals surface area (Å²) in [6, 6.07) is 0.622. The van der Waals surface area contributed by atoms with Crippen LogP contribution in [0.1, 0.15) is 51.9 Å². The van der Waals surface area contributed by atoms with E-state index in [1.165, 1.54) is 38.5 Å². The van der Waals surface area contributed by atoms with Crippen molar-refractivity contribution in [1.29, 1.82) is 0 Å². The van der Waals surface area contributed by atoms with Crippen molar-refractivity contribution >= 4 is 29.9 Å². The Morgan fingerprint density at radius 3 is 2.53 bits per heavy atom. The molecule has 1 fully saturated rings. The zero-order valence-electron chi connectivity index (χ0n) is 12.4. The summed E-state index contributed by atoms with van der Waals surface area (Å²) < 4.78 is 5.52. The Labute approximate surface area is 135 Å². The van der Waals surface area contributed by atoms with Crippen LogP contribution in [0.3, 0.4) is 0 Å². The van der Waals surface area contributed by atoms with Crippen LogP contribution in [0.2, 0.25) is 0 Å². The average molecular weight is 383 g/mol. The summed E-state index contributed by atoms with van der Waals surface area (Å²) in [6.07, 6.45) is 8.66. The van der Waals surface area contributed by atoms with Gasteiger partial charge in [0.2, 0.25) is 0 Å². The van der Waals surface area contributed by atoms with Gasteiger partial charge in [-0.3, -0.25) is 4.99 Å². The van der Waals surface area contributed by atoms with E-state index in [-0.39, 0.29) is 24.0 Å². The molecule has 1 aliphatic carbocycles. The van der Waals surface area contributed by atoms with Gasteiger partial charge in [0.05, 0.1) is 0 Å². The third-order valence-corrected chi connectivity index (χ3v) is 3.32. The highest BCUT2D eigenvalue weighted by Gasteiger charge is 2.15. The first kappa shape index (κ1) is 19.0. The van der Waals surface area contributed by atoms with Gasteiger partial charge in [0, 0.05) is 32.8 Å². The van der Waals surface area contributed by atoms with E-state index < -0.39 is 0 Å². The highest BCUT2D eigenvalue weighted by Crippen LogP contribution is 2.17. The van der Waals surface area contributed by atoms with Crippen molar-refractivity contribution in [2.75, 3.05) is 26.8 Å². The molecule has 1 saturated carbocycles. The molecule has 0 radical (unpaired) electrons. The zero-order valence-corrected chi connectivity index (χ0v) is 14.7. The minimum atomic E-state index is 0. The topological polar surface area (TPSA) is 45.6 Å². The highest BCUT2D eigenvalue weighted by atomic mass is 127. The zero-order chi connectivity index (χ0) is 13.1. The van der Waals surface area contributed by atoms with Crippen LogP contribution in [0.5, 0.6) is 0 Å². The van der Waals surface area contributed by atoms with Crippen LogP contribution < -0.4 is 10.6 Å². The SMILES string of the molecule is CCCCOCCCNC(=NC)NC1CCCC1.I. The Morgan fingerprint density at radius 1 is 1.21 bits per heavy atom. The summed E-state index contributed by atoms with van der Waals surface area (Å²) in [5, 5.41) is 6.82. The van der Waals surface area contributed by atoms with Gasteiger partial charge in [-0.2, -0.15) is 0 Å². The third-order valence-electron chi connectivity index (χ3n) is 3.32. The molecule has 2 N–H and O–H groups in total. The van der Waals surface area contributed by atoms with Crippen molar-refractivity contribution in [2.45, 2.75) is 57.9 Å². The van der Waals surface area contributed by atoms with Gasteiger partial charge >= 0.3 is 0 Å². The number of hydrogen-bond donors (Lipinski definition) is 2. The fraction of sp³-hybridized carbons (Fsp3) is 0.929. The van der Waals surface area contributed by atoms with Crippen LogP contribution in [0.15, 0.2) is 4.99 Å². The second-order valence-corrected chi connectivity index (χ2v) is 4.94. The molecule has 0 aliphatic heterocycles.